The summed E-state index contributed by atoms with van der Waals surface area (Å²) in [5, 5.41) is 12.5. The molecule has 5 heteroatoms. The standard InChI is InChI=1S/C19H21N3O2/c23-19(24)10-9-16(13-15-5-2-1-3-6-15)21-14-17-7-4-8-18-20-11-12-22(17)18/h1-8,11-12,16,21H,9-10,13-14H2,(H,23,24). The number of carboxylic acids is 1. The molecule has 1 unspecified atom stereocenters. The van der Waals surface area contributed by atoms with E-state index in [1.165, 1.54) is 5.56 Å². The van der Waals surface area contributed by atoms with Gasteiger partial charge in [0.25, 0.3) is 0 Å². The summed E-state index contributed by atoms with van der Waals surface area (Å²) in [6, 6.07) is 16.3. The van der Waals surface area contributed by atoms with E-state index in [0.717, 1.165) is 17.8 Å². The number of pyridine rings is 1. The molecule has 0 aliphatic heterocycles. The Bertz CT molecular complexity index is 798. The predicted octanol–water partition coefficient (Wildman–Crippen LogP) is 2.90. The van der Waals surface area contributed by atoms with Gasteiger partial charge in [0.2, 0.25) is 0 Å². The summed E-state index contributed by atoms with van der Waals surface area (Å²) in [5.74, 6) is -0.758. The maximum absolute atomic E-state index is 10.9. The van der Waals surface area contributed by atoms with Gasteiger partial charge in [-0.1, -0.05) is 36.4 Å². The van der Waals surface area contributed by atoms with E-state index in [2.05, 4.69) is 28.5 Å². The van der Waals surface area contributed by atoms with Crippen molar-refractivity contribution in [3.8, 4) is 0 Å². The van der Waals surface area contributed by atoms with Gasteiger partial charge in [-0.05, 0) is 30.5 Å². The van der Waals surface area contributed by atoms with Gasteiger partial charge in [-0.2, -0.15) is 0 Å². The van der Waals surface area contributed by atoms with Crippen LogP contribution in [-0.2, 0) is 17.8 Å². The van der Waals surface area contributed by atoms with Crippen molar-refractivity contribution in [2.45, 2.75) is 31.8 Å². The van der Waals surface area contributed by atoms with Gasteiger partial charge in [-0.3, -0.25) is 4.79 Å². The third-order valence-corrected chi connectivity index (χ3v) is 4.12. The molecule has 124 valence electrons. The highest BCUT2D eigenvalue weighted by Crippen LogP contribution is 2.10. The number of carboxylic acid groups (broad SMARTS) is 1. The highest BCUT2D eigenvalue weighted by atomic mass is 16.4. The Balaban J connectivity index is 1.68. The Morgan fingerprint density at radius 1 is 1.17 bits per heavy atom. The topological polar surface area (TPSA) is 66.6 Å². The molecule has 2 aromatic heterocycles. The Morgan fingerprint density at radius 3 is 2.79 bits per heavy atom. The minimum absolute atomic E-state index is 0.113. The Kier molecular flexibility index (Phi) is 5.23. The van der Waals surface area contributed by atoms with Gasteiger partial charge < -0.3 is 14.8 Å². The highest BCUT2D eigenvalue weighted by Gasteiger charge is 2.12. The van der Waals surface area contributed by atoms with E-state index in [9.17, 15) is 4.79 Å². The molecule has 2 N–H and O–H groups in total. The summed E-state index contributed by atoms with van der Waals surface area (Å²) >= 11 is 0. The summed E-state index contributed by atoms with van der Waals surface area (Å²) in [6.45, 7) is 0.671. The molecule has 0 saturated carbocycles. The lowest BCUT2D eigenvalue weighted by atomic mass is 10.0. The summed E-state index contributed by atoms with van der Waals surface area (Å²) < 4.78 is 2.05. The van der Waals surface area contributed by atoms with Crippen LogP contribution in [0, 0.1) is 0 Å². The van der Waals surface area contributed by atoms with E-state index in [-0.39, 0.29) is 12.5 Å². The van der Waals surface area contributed by atoms with Crippen LogP contribution in [0.4, 0.5) is 0 Å². The van der Waals surface area contributed by atoms with Gasteiger partial charge in [-0.25, -0.2) is 4.98 Å². The molecule has 0 amide bonds. The SMILES string of the molecule is O=C(O)CCC(Cc1ccccc1)NCc1cccc2nccn12. The maximum Gasteiger partial charge on any atom is 0.303 e. The molecule has 0 aliphatic carbocycles. The van der Waals surface area contributed by atoms with Gasteiger partial charge in [0, 0.05) is 37.1 Å². The van der Waals surface area contributed by atoms with Gasteiger partial charge in [0.1, 0.15) is 5.65 Å². The van der Waals surface area contributed by atoms with Crippen molar-refractivity contribution < 1.29 is 9.90 Å². The average Bonchev–Trinajstić information content (AvgIpc) is 3.07. The summed E-state index contributed by atoms with van der Waals surface area (Å²) in [7, 11) is 0. The number of rotatable bonds is 8. The van der Waals surface area contributed by atoms with Crippen molar-refractivity contribution >= 4 is 11.6 Å². The lowest BCUT2D eigenvalue weighted by Gasteiger charge is -2.19. The second-order valence-electron chi connectivity index (χ2n) is 5.87. The van der Waals surface area contributed by atoms with Gasteiger partial charge in [-0.15, -0.1) is 0 Å². The first kappa shape index (κ1) is 16.2. The van der Waals surface area contributed by atoms with Crippen molar-refractivity contribution in [2.75, 3.05) is 0 Å². The fourth-order valence-electron chi connectivity index (χ4n) is 2.87. The Labute approximate surface area is 141 Å². The molecular weight excluding hydrogens is 302 g/mol. The maximum atomic E-state index is 10.9. The summed E-state index contributed by atoms with van der Waals surface area (Å²) in [6.07, 6.45) is 5.30. The van der Waals surface area contributed by atoms with Crippen LogP contribution in [0.15, 0.2) is 60.9 Å². The Morgan fingerprint density at radius 2 is 2.00 bits per heavy atom. The minimum atomic E-state index is -0.758. The first-order valence-corrected chi connectivity index (χ1v) is 8.12. The van der Waals surface area contributed by atoms with Gasteiger partial charge >= 0.3 is 5.97 Å². The quantitative estimate of drug-likeness (QED) is 0.669. The second-order valence-corrected chi connectivity index (χ2v) is 5.87. The third-order valence-electron chi connectivity index (χ3n) is 4.12. The average molecular weight is 323 g/mol. The highest BCUT2D eigenvalue weighted by molar-refractivity contribution is 5.66. The number of aromatic nitrogens is 2. The number of aliphatic carboxylic acids is 1. The zero-order chi connectivity index (χ0) is 16.8. The van der Waals surface area contributed by atoms with Crippen LogP contribution in [0.3, 0.4) is 0 Å². The molecule has 24 heavy (non-hydrogen) atoms. The lowest BCUT2D eigenvalue weighted by Crippen LogP contribution is -2.32. The van der Waals surface area contributed by atoms with Crippen molar-refractivity contribution in [2.24, 2.45) is 0 Å². The molecular formula is C19H21N3O2. The largest absolute Gasteiger partial charge is 0.481 e. The van der Waals surface area contributed by atoms with E-state index >= 15 is 0 Å². The van der Waals surface area contributed by atoms with Gasteiger partial charge in [0.05, 0.1) is 0 Å². The van der Waals surface area contributed by atoms with E-state index in [1.54, 1.807) is 6.20 Å². The lowest BCUT2D eigenvalue weighted by molar-refractivity contribution is -0.137. The minimum Gasteiger partial charge on any atom is -0.481 e. The van der Waals surface area contributed by atoms with Crippen LogP contribution in [0.2, 0.25) is 0 Å². The summed E-state index contributed by atoms with van der Waals surface area (Å²) in [4.78, 5) is 15.2. The monoisotopic (exact) mass is 323 g/mol. The first-order chi connectivity index (χ1) is 11.7. The number of imidazole rings is 1. The fourth-order valence-corrected chi connectivity index (χ4v) is 2.87. The van der Waals surface area contributed by atoms with Crippen molar-refractivity contribution in [3.63, 3.8) is 0 Å². The molecule has 0 aliphatic rings. The molecule has 2 heterocycles. The van der Waals surface area contributed by atoms with Crippen molar-refractivity contribution in [1.29, 1.82) is 0 Å². The van der Waals surface area contributed by atoms with Crippen LogP contribution in [-0.4, -0.2) is 26.5 Å². The normalized spacial score (nSPS) is 12.3. The number of benzene rings is 1. The number of carbonyl (C=O) groups is 1. The van der Waals surface area contributed by atoms with Crippen molar-refractivity contribution in [1.82, 2.24) is 14.7 Å². The Hall–Kier alpha value is -2.66. The molecule has 0 saturated heterocycles. The number of hydrogen-bond acceptors (Lipinski definition) is 3. The zero-order valence-corrected chi connectivity index (χ0v) is 13.4. The second kappa shape index (κ2) is 7.75. The molecule has 0 radical (unpaired) electrons. The fraction of sp³-hybridized carbons (Fsp3) is 0.263. The van der Waals surface area contributed by atoms with Crippen LogP contribution < -0.4 is 5.32 Å². The van der Waals surface area contributed by atoms with E-state index in [1.807, 2.05) is 40.9 Å². The summed E-state index contributed by atoms with van der Waals surface area (Å²) in [5.41, 5.74) is 3.24. The van der Waals surface area contributed by atoms with Crippen LogP contribution >= 0.6 is 0 Å². The zero-order valence-electron chi connectivity index (χ0n) is 13.4. The smallest absolute Gasteiger partial charge is 0.303 e. The van der Waals surface area contributed by atoms with Gasteiger partial charge in [0.15, 0.2) is 0 Å². The molecule has 0 bridgehead atoms. The van der Waals surface area contributed by atoms with Crippen molar-refractivity contribution in [3.05, 3.63) is 72.2 Å². The number of nitrogens with zero attached hydrogens (tertiary/aromatic N) is 2. The first-order valence-electron chi connectivity index (χ1n) is 8.12. The molecule has 1 aromatic carbocycles. The van der Waals surface area contributed by atoms with Crippen LogP contribution in [0.1, 0.15) is 24.1 Å². The number of nitrogens with one attached hydrogen (secondary N) is 1. The third kappa shape index (κ3) is 4.20. The van der Waals surface area contributed by atoms with E-state index in [0.29, 0.717) is 13.0 Å². The molecule has 3 rings (SSSR count). The predicted molar refractivity (Wildman–Crippen MR) is 92.8 cm³/mol. The molecule has 0 fully saturated rings. The molecule has 5 nitrogen and oxygen atoms in total. The number of fused-ring (bicyclic) bond motifs is 1. The molecule has 3 aromatic rings. The molecule has 0 spiro atoms. The van der Waals surface area contributed by atoms with E-state index < -0.39 is 5.97 Å². The van der Waals surface area contributed by atoms with Crippen LogP contribution in [0.25, 0.3) is 5.65 Å². The molecule has 1 atom stereocenters. The number of hydrogen-bond donors (Lipinski definition) is 2. The van der Waals surface area contributed by atoms with Crippen LogP contribution in [0.5, 0.6) is 0 Å². The van der Waals surface area contributed by atoms with E-state index in [4.69, 9.17) is 5.11 Å².